The average Bonchev–Trinajstić information content (AvgIpc) is 2.52. The Hall–Kier alpha value is -2.23. The summed E-state index contributed by atoms with van der Waals surface area (Å²) in [5.74, 6) is 0.104. The van der Waals surface area contributed by atoms with Gasteiger partial charge in [0.25, 0.3) is 0 Å². The van der Waals surface area contributed by atoms with Crippen molar-refractivity contribution in [3.8, 4) is 0 Å². The van der Waals surface area contributed by atoms with Gasteiger partial charge in [-0.2, -0.15) is 0 Å². The molecule has 0 bridgehead atoms. The fourth-order valence-corrected chi connectivity index (χ4v) is 1.96. The fraction of sp³-hybridized carbons (Fsp3) is 0.312. The standard InChI is InChI=1S/C16H19N3O/c20-16(18-14-15-7-6-9-17-13-15)8-2-5-12-19-10-3-1-4-11-19/h1,3-4,6-7,9-11,13H,2,5,8,12,14H2/p+1. The van der Waals surface area contributed by atoms with E-state index in [1.165, 1.54) is 0 Å². The van der Waals surface area contributed by atoms with Crippen LogP contribution in [0.5, 0.6) is 0 Å². The number of rotatable bonds is 7. The number of pyridine rings is 2. The summed E-state index contributed by atoms with van der Waals surface area (Å²) in [5.41, 5.74) is 1.03. The van der Waals surface area contributed by atoms with Gasteiger partial charge in [0.15, 0.2) is 12.4 Å². The Morgan fingerprint density at radius 3 is 2.75 bits per heavy atom. The predicted molar refractivity (Wildman–Crippen MR) is 76.6 cm³/mol. The molecule has 4 heteroatoms. The summed E-state index contributed by atoms with van der Waals surface area (Å²) in [6.45, 7) is 1.51. The zero-order valence-electron chi connectivity index (χ0n) is 11.5. The minimum atomic E-state index is 0.104. The highest BCUT2D eigenvalue weighted by Gasteiger charge is 2.03. The fourth-order valence-electron chi connectivity index (χ4n) is 1.96. The van der Waals surface area contributed by atoms with Gasteiger partial charge in [0.05, 0.1) is 0 Å². The second-order valence-corrected chi connectivity index (χ2v) is 4.71. The van der Waals surface area contributed by atoms with Crippen molar-refractivity contribution in [1.29, 1.82) is 0 Å². The van der Waals surface area contributed by atoms with E-state index in [1.807, 2.05) is 42.7 Å². The Bertz CT molecular complexity index is 514. The largest absolute Gasteiger partial charge is 0.352 e. The van der Waals surface area contributed by atoms with Gasteiger partial charge in [0, 0.05) is 43.9 Å². The lowest BCUT2D eigenvalue weighted by Gasteiger charge is -2.04. The molecular formula is C16H20N3O+. The molecule has 2 aromatic rings. The van der Waals surface area contributed by atoms with E-state index in [-0.39, 0.29) is 5.91 Å². The zero-order chi connectivity index (χ0) is 14.0. The maximum absolute atomic E-state index is 11.7. The van der Waals surface area contributed by atoms with Crippen LogP contribution in [0.3, 0.4) is 0 Å². The van der Waals surface area contributed by atoms with E-state index in [0.717, 1.165) is 24.9 Å². The maximum atomic E-state index is 11.7. The van der Waals surface area contributed by atoms with Crippen LogP contribution >= 0.6 is 0 Å². The molecule has 4 nitrogen and oxygen atoms in total. The van der Waals surface area contributed by atoms with Crippen molar-refractivity contribution in [3.63, 3.8) is 0 Å². The molecule has 2 aromatic heterocycles. The quantitative estimate of drug-likeness (QED) is 0.616. The molecule has 0 saturated heterocycles. The van der Waals surface area contributed by atoms with Crippen molar-refractivity contribution in [2.45, 2.75) is 32.4 Å². The number of carbonyl (C=O) groups excluding carboxylic acids is 1. The SMILES string of the molecule is O=C(CCCC[n+]1ccccc1)NCc1cccnc1. The van der Waals surface area contributed by atoms with Gasteiger partial charge in [-0.3, -0.25) is 9.78 Å². The van der Waals surface area contributed by atoms with Gasteiger partial charge in [-0.05, 0) is 18.1 Å². The van der Waals surface area contributed by atoms with E-state index < -0.39 is 0 Å². The second kappa shape index (κ2) is 8.04. The van der Waals surface area contributed by atoms with Crippen LogP contribution in [0.15, 0.2) is 55.1 Å². The Morgan fingerprint density at radius 2 is 2.00 bits per heavy atom. The molecule has 20 heavy (non-hydrogen) atoms. The normalized spacial score (nSPS) is 10.2. The van der Waals surface area contributed by atoms with E-state index in [1.54, 1.807) is 12.4 Å². The molecule has 2 rings (SSSR count). The number of carbonyl (C=O) groups is 1. The van der Waals surface area contributed by atoms with Gasteiger partial charge in [-0.15, -0.1) is 0 Å². The van der Waals surface area contributed by atoms with Crippen LogP contribution in [0, 0.1) is 0 Å². The highest BCUT2D eigenvalue weighted by Crippen LogP contribution is 1.98. The van der Waals surface area contributed by atoms with E-state index in [9.17, 15) is 4.79 Å². The first-order chi connectivity index (χ1) is 9.84. The van der Waals surface area contributed by atoms with Gasteiger partial charge in [-0.1, -0.05) is 12.1 Å². The summed E-state index contributed by atoms with van der Waals surface area (Å²) in [5, 5.41) is 2.91. The number of nitrogens with one attached hydrogen (secondary N) is 1. The number of amides is 1. The molecule has 0 unspecified atom stereocenters. The molecule has 104 valence electrons. The third-order valence-corrected chi connectivity index (χ3v) is 3.06. The predicted octanol–water partition coefficient (Wildman–Crippen LogP) is 1.86. The third kappa shape index (κ3) is 5.18. The number of hydrogen-bond acceptors (Lipinski definition) is 2. The maximum Gasteiger partial charge on any atom is 0.220 e. The number of aromatic nitrogens is 2. The molecule has 2 heterocycles. The molecule has 0 fully saturated rings. The number of hydrogen-bond donors (Lipinski definition) is 1. The van der Waals surface area contributed by atoms with Gasteiger partial charge in [-0.25, -0.2) is 4.57 Å². The zero-order valence-corrected chi connectivity index (χ0v) is 11.5. The highest BCUT2D eigenvalue weighted by atomic mass is 16.1. The Kier molecular flexibility index (Phi) is 5.71. The third-order valence-electron chi connectivity index (χ3n) is 3.06. The van der Waals surface area contributed by atoms with Crippen molar-refractivity contribution < 1.29 is 9.36 Å². The summed E-state index contributed by atoms with van der Waals surface area (Å²) in [4.78, 5) is 15.7. The summed E-state index contributed by atoms with van der Waals surface area (Å²) in [6.07, 6.45) is 10.1. The lowest BCUT2D eigenvalue weighted by Crippen LogP contribution is -2.32. The molecule has 0 spiro atoms. The number of nitrogens with zero attached hydrogens (tertiary/aromatic N) is 2. The van der Waals surface area contributed by atoms with E-state index >= 15 is 0 Å². The highest BCUT2D eigenvalue weighted by molar-refractivity contribution is 5.75. The summed E-state index contributed by atoms with van der Waals surface area (Å²) >= 11 is 0. The minimum absolute atomic E-state index is 0.104. The molecule has 0 aliphatic rings. The van der Waals surface area contributed by atoms with Crippen molar-refractivity contribution >= 4 is 5.91 Å². The van der Waals surface area contributed by atoms with Gasteiger partial charge in [0.2, 0.25) is 5.91 Å². The van der Waals surface area contributed by atoms with E-state index in [4.69, 9.17) is 0 Å². The van der Waals surface area contributed by atoms with Crippen molar-refractivity contribution in [2.24, 2.45) is 0 Å². The number of aryl methyl sites for hydroxylation is 1. The molecule has 1 amide bonds. The molecule has 0 saturated carbocycles. The topological polar surface area (TPSA) is 45.9 Å². The van der Waals surface area contributed by atoms with Gasteiger partial charge < -0.3 is 5.32 Å². The summed E-state index contributed by atoms with van der Waals surface area (Å²) in [6, 6.07) is 9.86. The number of unbranched alkanes of at least 4 members (excludes halogenated alkanes) is 1. The van der Waals surface area contributed by atoms with Crippen LogP contribution in [0.4, 0.5) is 0 Å². The van der Waals surface area contributed by atoms with Crippen LogP contribution in [0.25, 0.3) is 0 Å². The van der Waals surface area contributed by atoms with Gasteiger partial charge in [0.1, 0.15) is 6.54 Å². The molecule has 0 aromatic carbocycles. The molecule has 0 atom stereocenters. The Morgan fingerprint density at radius 1 is 1.15 bits per heavy atom. The first-order valence-electron chi connectivity index (χ1n) is 6.94. The van der Waals surface area contributed by atoms with Crippen LogP contribution < -0.4 is 9.88 Å². The smallest absolute Gasteiger partial charge is 0.220 e. The second-order valence-electron chi connectivity index (χ2n) is 4.71. The molecule has 1 N–H and O–H groups in total. The van der Waals surface area contributed by atoms with Crippen LogP contribution in [-0.2, 0) is 17.9 Å². The monoisotopic (exact) mass is 270 g/mol. The van der Waals surface area contributed by atoms with Crippen molar-refractivity contribution in [1.82, 2.24) is 10.3 Å². The summed E-state index contributed by atoms with van der Waals surface area (Å²) in [7, 11) is 0. The molecule has 0 aliphatic carbocycles. The first-order valence-corrected chi connectivity index (χ1v) is 6.94. The first kappa shape index (κ1) is 14.2. The Labute approximate surface area is 119 Å². The van der Waals surface area contributed by atoms with Crippen molar-refractivity contribution in [3.05, 3.63) is 60.7 Å². The molecule has 0 radical (unpaired) electrons. The minimum Gasteiger partial charge on any atom is -0.352 e. The van der Waals surface area contributed by atoms with E-state index in [0.29, 0.717) is 13.0 Å². The van der Waals surface area contributed by atoms with Gasteiger partial charge >= 0.3 is 0 Å². The Balaban J connectivity index is 1.59. The van der Waals surface area contributed by atoms with E-state index in [2.05, 4.69) is 14.9 Å². The lowest BCUT2D eigenvalue weighted by molar-refractivity contribution is -0.697. The van der Waals surface area contributed by atoms with Crippen molar-refractivity contribution in [2.75, 3.05) is 0 Å². The summed E-state index contributed by atoms with van der Waals surface area (Å²) < 4.78 is 2.13. The molecular weight excluding hydrogens is 250 g/mol. The lowest BCUT2D eigenvalue weighted by atomic mass is 10.2. The van der Waals surface area contributed by atoms with Crippen LogP contribution in [0.2, 0.25) is 0 Å². The average molecular weight is 270 g/mol. The van der Waals surface area contributed by atoms with Crippen LogP contribution in [0.1, 0.15) is 24.8 Å². The molecule has 0 aliphatic heterocycles. The van der Waals surface area contributed by atoms with Crippen LogP contribution in [-0.4, -0.2) is 10.9 Å².